The molecule has 0 amide bonds. The summed E-state index contributed by atoms with van der Waals surface area (Å²) < 4.78 is 7.52. The van der Waals surface area contributed by atoms with E-state index < -0.39 is 0 Å². The zero-order valence-corrected chi connectivity index (χ0v) is 18.7. The van der Waals surface area contributed by atoms with Crippen LogP contribution in [0.4, 0.5) is 23.4 Å². The third kappa shape index (κ3) is 4.48. The predicted octanol–water partition coefficient (Wildman–Crippen LogP) is 3.74. The van der Waals surface area contributed by atoms with Crippen LogP contribution in [0.3, 0.4) is 0 Å². The summed E-state index contributed by atoms with van der Waals surface area (Å²) in [6.45, 7) is 2.70. The Morgan fingerprint density at radius 2 is 1.91 bits per heavy atom. The number of ether oxygens (including phenoxy) is 1. The van der Waals surface area contributed by atoms with Gasteiger partial charge in [0.2, 0.25) is 5.95 Å². The molecule has 3 N–H and O–H groups in total. The van der Waals surface area contributed by atoms with Crippen LogP contribution in [0.1, 0.15) is 44.9 Å². The van der Waals surface area contributed by atoms with Gasteiger partial charge in [-0.15, -0.1) is 0 Å². The highest BCUT2D eigenvalue weighted by Gasteiger charge is 2.21. The number of aromatic nitrogens is 5. The maximum Gasteiger partial charge on any atom is 0.227 e. The molecule has 3 aromatic heterocycles. The van der Waals surface area contributed by atoms with Crippen LogP contribution in [-0.4, -0.2) is 51.0 Å². The first-order chi connectivity index (χ1) is 15.7. The molecule has 2 fully saturated rings. The summed E-state index contributed by atoms with van der Waals surface area (Å²) in [5.74, 6) is 3.39. The van der Waals surface area contributed by atoms with Crippen molar-refractivity contribution < 1.29 is 4.74 Å². The van der Waals surface area contributed by atoms with Gasteiger partial charge in [-0.05, 0) is 37.7 Å². The Hall–Kier alpha value is -2.94. The number of nitrogens with one attached hydrogen (secondary N) is 1. The van der Waals surface area contributed by atoms with Crippen LogP contribution in [0.15, 0.2) is 24.5 Å². The van der Waals surface area contributed by atoms with Crippen LogP contribution < -0.4 is 16.0 Å². The molecular weight excluding hydrogens is 404 g/mol. The third-order valence-electron chi connectivity index (χ3n) is 6.78. The minimum Gasteiger partial charge on any atom is -0.382 e. The van der Waals surface area contributed by atoms with Gasteiger partial charge >= 0.3 is 0 Å². The molecule has 2 aliphatic rings. The molecule has 1 aliphatic carbocycles. The van der Waals surface area contributed by atoms with Gasteiger partial charge in [-0.2, -0.15) is 10.1 Å². The van der Waals surface area contributed by atoms with Crippen LogP contribution >= 0.6 is 0 Å². The van der Waals surface area contributed by atoms with Crippen LogP contribution in [0.25, 0.3) is 10.9 Å². The van der Waals surface area contributed by atoms with Gasteiger partial charge in [0, 0.05) is 45.2 Å². The van der Waals surface area contributed by atoms with Crippen LogP contribution in [0.5, 0.6) is 0 Å². The second kappa shape index (κ2) is 9.28. The third-order valence-corrected chi connectivity index (χ3v) is 6.78. The van der Waals surface area contributed by atoms with Crippen LogP contribution in [-0.2, 0) is 11.3 Å². The lowest BCUT2D eigenvalue weighted by Gasteiger charge is -2.31. The SMILES string of the molecule is COC1CCN(c2nccc(Nc3cc4c(cn3)c(N)nn4CC3CCCCC3)n2)CC1. The Morgan fingerprint density at radius 3 is 2.69 bits per heavy atom. The van der Waals surface area contributed by atoms with E-state index in [2.05, 4.69) is 30.0 Å². The minimum atomic E-state index is 0.328. The Kier molecular flexibility index (Phi) is 6.07. The Bertz CT molecular complexity index is 1050. The number of methoxy groups -OCH3 is 1. The van der Waals surface area contributed by atoms with E-state index in [1.807, 2.05) is 12.1 Å². The molecule has 5 rings (SSSR count). The average Bonchev–Trinajstić information content (AvgIpc) is 3.14. The minimum absolute atomic E-state index is 0.328. The van der Waals surface area contributed by atoms with E-state index in [1.165, 1.54) is 32.1 Å². The van der Waals surface area contributed by atoms with Crippen molar-refractivity contribution in [2.75, 3.05) is 36.1 Å². The fourth-order valence-electron chi connectivity index (χ4n) is 4.91. The number of nitrogen functional groups attached to an aromatic ring is 1. The first kappa shape index (κ1) is 20.9. The summed E-state index contributed by atoms with van der Waals surface area (Å²) in [6.07, 6.45) is 12.4. The molecule has 0 atom stereocenters. The number of piperidine rings is 1. The fourth-order valence-corrected chi connectivity index (χ4v) is 4.91. The smallest absolute Gasteiger partial charge is 0.227 e. The summed E-state index contributed by atoms with van der Waals surface area (Å²) in [6, 6.07) is 3.89. The highest BCUT2D eigenvalue weighted by Crippen LogP contribution is 2.29. The normalized spacial score (nSPS) is 18.3. The summed E-state index contributed by atoms with van der Waals surface area (Å²) in [7, 11) is 1.78. The highest BCUT2D eigenvalue weighted by atomic mass is 16.5. The Morgan fingerprint density at radius 1 is 1.09 bits per heavy atom. The molecule has 32 heavy (non-hydrogen) atoms. The zero-order chi connectivity index (χ0) is 21.9. The van der Waals surface area contributed by atoms with E-state index in [1.54, 1.807) is 19.5 Å². The molecule has 4 heterocycles. The largest absolute Gasteiger partial charge is 0.382 e. The van der Waals surface area contributed by atoms with E-state index in [-0.39, 0.29) is 0 Å². The molecule has 9 heteroatoms. The Balaban J connectivity index is 1.33. The number of anilines is 4. The van der Waals surface area contributed by atoms with Crippen molar-refractivity contribution in [1.82, 2.24) is 24.7 Å². The molecule has 3 aromatic rings. The number of hydrogen-bond donors (Lipinski definition) is 2. The van der Waals surface area contributed by atoms with Crippen molar-refractivity contribution in [3.63, 3.8) is 0 Å². The van der Waals surface area contributed by atoms with Gasteiger partial charge in [0.05, 0.1) is 17.0 Å². The fraction of sp³-hybridized carbons (Fsp3) is 0.565. The van der Waals surface area contributed by atoms with Crippen molar-refractivity contribution in [1.29, 1.82) is 0 Å². The standard InChI is InChI=1S/C23H32N8O/c1-32-17-8-11-30(12-9-17)23-25-10-7-20(28-23)27-21-13-19-18(14-26-21)22(24)29-31(19)15-16-5-3-2-4-6-16/h7,10,13-14,16-17H,2-6,8-9,11-12,15H2,1H3,(H2,24,29)(H,25,26,27,28). The van der Waals surface area contributed by atoms with Crippen molar-refractivity contribution in [3.8, 4) is 0 Å². The zero-order valence-electron chi connectivity index (χ0n) is 18.7. The topological polar surface area (TPSA) is 107 Å². The highest BCUT2D eigenvalue weighted by molar-refractivity contribution is 5.90. The summed E-state index contributed by atoms with van der Waals surface area (Å²) in [4.78, 5) is 15.9. The number of fused-ring (bicyclic) bond motifs is 1. The molecule has 1 saturated carbocycles. The summed E-state index contributed by atoms with van der Waals surface area (Å²) in [5.41, 5.74) is 7.19. The number of nitrogens with zero attached hydrogens (tertiary/aromatic N) is 6. The van der Waals surface area contributed by atoms with Gasteiger partial charge in [0.1, 0.15) is 11.6 Å². The van der Waals surface area contributed by atoms with Crippen molar-refractivity contribution >= 4 is 34.3 Å². The molecule has 0 aromatic carbocycles. The molecule has 1 aliphatic heterocycles. The van der Waals surface area contributed by atoms with Gasteiger partial charge in [-0.3, -0.25) is 4.68 Å². The van der Waals surface area contributed by atoms with E-state index in [9.17, 15) is 0 Å². The van der Waals surface area contributed by atoms with Crippen molar-refractivity contribution in [2.24, 2.45) is 5.92 Å². The number of pyridine rings is 1. The van der Waals surface area contributed by atoms with E-state index in [0.717, 1.165) is 61.0 Å². The predicted molar refractivity (Wildman–Crippen MR) is 126 cm³/mol. The number of hydrogen-bond acceptors (Lipinski definition) is 8. The van der Waals surface area contributed by atoms with Crippen molar-refractivity contribution in [2.45, 2.75) is 57.6 Å². The summed E-state index contributed by atoms with van der Waals surface area (Å²) >= 11 is 0. The van der Waals surface area contributed by atoms with Gasteiger partial charge in [0.25, 0.3) is 0 Å². The maximum atomic E-state index is 6.18. The second-order valence-corrected chi connectivity index (χ2v) is 8.95. The molecular formula is C23H32N8O. The van der Waals surface area contributed by atoms with Gasteiger partial charge in [-0.25, -0.2) is 9.97 Å². The van der Waals surface area contributed by atoms with E-state index in [0.29, 0.717) is 17.8 Å². The molecule has 0 spiro atoms. The van der Waals surface area contributed by atoms with Gasteiger partial charge in [0.15, 0.2) is 5.82 Å². The van der Waals surface area contributed by atoms with E-state index in [4.69, 9.17) is 15.5 Å². The molecule has 0 unspecified atom stereocenters. The number of rotatable bonds is 6. The lowest BCUT2D eigenvalue weighted by atomic mass is 9.89. The lowest BCUT2D eigenvalue weighted by Crippen LogP contribution is -2.37. The summed E-state index contributed by atoms with van der Waals surface area (Å²) in [5, 5.41) is 8.84. The Labute approximate surface area is 188 Å². The van der Waals surface area contributed by atoms with E-state index >= 15 is 0 Å². The molecule has 170 valence electrons. The first-order valence-electron chi connectivity index (χ1n) is 11.7. The van der Waals surface area contributed by atoms with Crippen LogP contribution in [0.2, 0.25) is 0 Å². The molecule has 0 radical (unpaired) electrons. The van der Waals surface area contributed by atoms with Gasteiger partial charge in [-0.1, -0.05) is 19.3 Å². The van der Waals surface area contributed by atoms with Crippen molar-refractivity contribution in [3.05, 3.63) is 24.5 Å². The quantitative estimate of drug-likeness (QED) is 0.602. The lowest BCUT2D eigenvalue weighted by molar-refractivity contribution is 0.0816. The monoisotopic (exact) mass is 436 g/mol. The number of nitrogens with two attached hydrogens (primary N) is 1. The molecule has 9 nitrogen and oxygen atoms in total. The van der Waals surface area contributed by atoms with Gasteiger partial charge < -0.3 is 20.7 Å². The molecule has 0 bridgehead atoms. The average molecular weight is 437 g/mol. The molecule has 1 saturated heterocycles. The van der Waals surface area contributed by atoms with Crippen LogP contribution in [0, 0.1) is 5.92 Å². The second-order valence-electron chi connectivity index (χ2n) is 8.95. The first-order valence-corrected chi connectivity index (χ1v) is 11.7. The maximum absolute atomic E-state index is 6.18.